The zero-order valence-electron chi connectivity index (χ0n) is 18.3. The lowest BCUT2D eigenvalue weighted by molar-refractivity contribution is -0.141. The summed E-state index contributed by atoms with van der Waals surface area (Å²) in [7, 11) is 0. The topological polar surface area (TPSA) is 108 Å². The van der Waals surface area contributed by atoms with E-state index in [9.17, 15) is 19.2 Å². The molecule has 170 valence electrons. The van der Waals surface area contributed by atoms with Crippen molar-refractivity contribution in [1.82, 2.24) is 24.7 Å². The van der Waals surface area contributed by atoms with Crippen LogP contribution in [0.5, 0.6) is 0 Å². The third-order valence-electron chi connectivity index (χ3n) is 7.60. The smallest absolute Gasteiger partial charge is 0.326 e. The minimum Gasteiger partial charge on any atom is -0.341 e. The van der Waals surface area contributed by atoms with Gasteiger partial charge in [0.2, 0.25) is 5.91 Å². The van der Waals surface area contributed by atoms with E-state index in [1.807, 2.05) is 31.2 Å². The number of aromatic amines is 1. The van der Waals surface area contributed by atoms with E-state index in [4.69, 9.17) is 0 Å². The van der Waals surface area contributed by atoms with Gasteiger partial charge in [0.1, 0.15) is 12.1 Å². The van der Waals surface area contributed by atoms with Crippen molar-refractivity contribution < 1.29 is 14.4 Å². The van der Waals surface area contributed by atoms with Crippen molar-refractivity contribution in [1.29, 1.82) is 0 Å². The van der Waals surface area contributed by atoms with Crippen LogP contribution in [0, 0.1) is 5.92 Å². The highest BCUT2D eigenvalue weighted by Gasteiger charge is 2.55. The van der Waals surface area contributed by atoms with Gasteiger partial charge in [-0.15, -0.1) is 0 Å². The molecule has 9 nitrogen and oxygen atoms in total. The molecule has 0 bridgehead atoms. The van der Waals surface area contributed by atoms with Crippen molar-refractivity contribution >= 4 is 28.9 Å². The maximum atomic E-state index is 13.1. The molecule has 0 radical (unpaired) electrons. The largest absolute Gasteiger partial charge is 0.341 e. The van der Waals surface area contributed by atoms with Crippen molar-refractivity contribution in [2.75, 3.05) is 19.6 Å². The summed E-state index contributed by atoms with van der Waals surface area (Å²) in [5, 5.41) is 2.90. The average Bonchev–Trinajstić information content (AvgIpc) is 3.24. The van der Waals surface area contributed by atoms with Gasteiger partial charge in [0.15, 0.2) is 0 Å². The summed E-state index contributed by atoms with van der Waals surface area (Å²) in [5.41, 5.74) is 0.690. The van der Waals surface area contributed by atoms with E-state index in [1.165, 1.54) is 0 Å². The van der Waals surface area contributed by atoms with Crippen LogP contribution in [0.1, 0.15) is 51.5 Å². The molecule has 1 aromatic heterocycles. The number of piperidine rings is 1. The van der Waals surface area contributed by atoms with Gasteiger partial charge in [0.25, 0.3) is 5.91 Å². The van der Waals surface area contributed by atoms with Gasteiger partial charge >= 0.3 is 11.7 Å². The summed E-state index contributed by atoms with van der Waals surface area (Å²) < 4.78 is 1.78. The van der Waals surface area contributed by atoms with Crippen LogP contribution in [0.4, 0.5) is 4.79 Å². The highest BCUT2D eigenvalue weighted by Crippen LogP contribution is 2.38. The Balaban J connectivity index is 1.24. The van der Waals surface area contributed by atoms with Gasteiger partial charge < -0.3 is 15.2 Å². The molecule has 2 saturated heterocycles. The number of hydrogen-bond acceptors (Lipinski definition) is 4. The number of H-pyrrole nitrogens is 1. The Morgan fingerprint density at radius 1 is 1.09 bits per heavy atom. The molecule has 3 aliphatic rings. The third kappa shape index (κ3) is 3.22. The van der Waals surface area contributed by atoms with Gasteiger partial charge in [0, 0.05) is 19.1 Å². The lowest BCUT2D eigenvalue weighted by Gasteiger charge is -2.37. The van der Waals surface area contributed by atoms with Gasteiger partial charge in [-0.1, -0.05) is 31.9 Å². The van der Waals surface area contributed by atoms with Crippen LogP contribution in [0.25, 0.3) is 11.0 Å². The van der Waals surface area contributed by atoms with Gasteiger partial charge in [-0.25, -0.2) is 9.59 Å². The number of nitrogens with zero attached hydrogens (tertiary/aromatic N) is 3. The Kier molecular flexibility index (Phi) is 5.06. The maximum absolute atomic E-state index is 13.1. The summed E-state index contributed by atoms with van der Waals surface area (Å²) in [4.78, 5) is 56.8. The van der Waals surface area contributed by atoms with Gasteiger partial charge in [0.05, 0.1) is 11.0 Å². The number of carbonyl (C=O) groups excluding carboxylic acids is 3. The molecule has 2 N–H and O–H groups in total. The van der Waals surface area contributed by atoms with Gasteiger partial charge in [-0.2, -0.15) is 0 Å². The molecule has 1 saturated carbocycles. The minimum atomic E-state index is -0.848. The van der Waals surface area contributed by atoms with Crippen molar-refractivity contribution in [2.24, 2.45) is 5.92 Å². The monoisotopic (exact) mass is 439 g/mol. The Labute approximate surface area is 185 Å². The molecule has 4 amide bonds. The Hall–Kier alpha value is -3.10. The summed E-state index contributed by atoms with van der Waals surface area (Å²) in [5.74, 6) is -0.417. The third-order valence-corrected chi connectivity index (χ3v) is 7.60. The number of urea groups is 1. The van der Waals surface area contributed by atoms with Crippen LogP contribution in [-0.4, -0.2) is 62.4 Å². The van der Waals surface area contributed by atoms with Crippen molar-refractivity contribution in [2.45, 2.75) is 57.0 Å². The zero-order valence-corrected chi connectivity index (χ0v) is 18.3. The molecule has 9 heteroatoms. The molecule has 3 fully saturated rings. The van der Waals surface area contributed by atoms with Crippen LogP contribution < -0.4 is 11.0 Å². The summed E-state index contributed by atoms with van der Waals surface area (Å²) >= 11 is 0. The Morgan fingerprint density at radius 2 is 1.84 bits per heavy atom. The first-order valence-electron chi connectivity index (χ1n) is 11.5. The Morgan fingerprint density at radius 3 is 2.59 bits per heavy atom. The normalized spacial score (nSPS) is 26.8. The van der Waals surface area contributed by atoms with Gasteiger partial charge in [-0.3, -0.25) is 19.1 Å². The fraction of sp³-hybridized carbons (Fsp3) is 0.565. The number of para-hydroxylation sites is 2. The molecular formula is C23H29N5O4. The quantitative estimate of drug-likeness (QED) is 0.713. The molecular weight excluding hydrogens is 410 g/mol. The number of rotatable bonds is 3. The van der Waals surface area contributed by atoms with Crippen LogP contribution in [0.2, 0.25) is 0 Å². The molecule has 2 aliphatic heterocycles. The summed E-state index contributed by atoms with van der Waals surface area (Å²) in [6.07, 6.45) is 4.78. The second-order valence-corrected chi connectivity index (χ2v) is 9.37. The first kappa shape index (κ1) is 20.8. The summed E-state index contributed by atoms with van der Waals surface area (Å²) in [6, 6.07) is 7.14. The van der Waals surface area contributed by atoms with E-state index in [0.29, 0.717) is 32.4 Å². The van der Waals surface area contributed by atoms with Crippen molar-refractivity contribution in [3.8, 4) is 0 Å². The lowest BCUT2D eigenvalue weighted by atomic mass is 9.73. The van der Waals surface area contributed by atoms with E-state index in [-0.39, 0.29) is 36.0 Å². The van der Waals surface area contributed by atoms with E-state index in [0.717, 1.165) is 35.2 Å². The van der Waals surface area contributed by atoms with Gasteiger partial charge in [-0.05, 0) is 43.7 Å². The number of carbonyl (C=O) groups is 3. The number of hydrogen-bond donors (Lipinski definition) is 2. The predicted octanol–water partition coefficient (Wildman–Crippen LogP) is 1.99. The predicted molar refractivity (Wildman–Crippen MR) is 118 cm³/mol. The summed E-state index contributed by atoms with van der Waals surface area (Å²) in [6.45, 7) is 2.75. The number of nitrogens with one attached hydrogen (secondary N) is 2. The van der Waals surface area contributed by atoms with E-state index in [2.05, 4.69) is 10.3 Å². The second kappa shape index (κ2) is 7.79. The molecule has 2 aromatic rings. The van der Waals surface area contributed by atoms with Crippen LogP contribution in [-0.2, 0) is 9.59 Å². The Bertz CT molecular complexity index is 1130. The van der Waals surface area contributed by atoms with Crippen LogP contribution in [0.15, 0.2) is 29.1 Å². The highest BCUT2D eigenvalue weighted by molar-refractivity contribution is 6.09. The number of likely N-dealkylation sites (tertiary alicyclic amines) is 1. The number of benzene rings is 1. The first-order valence-corrected chi connectivity index (χ1v) is 11.5. The van der Waals surface area contributed by atoms with Crippen molar-refractivity contribution in [3.63, 3.8) is 0 Å². The minimum absolute atomic E-state index is 0.00535. The molecule has 1 spiro atoms. The maximum Gasteiger partial charge on any atom is 0.326 e. The van der Waals surface area contributed by atoms with E-state index >= 15 is 0 Å². The molecule has 1 aromatic carbocycles. The first-order chi connectivity index (χ1) is 15.4. The number of imidazole rings is 1. The number of fused-ring (bicyclic) bond motifs is 1. The zero-order chi connectivity index (χ0) is 22.5. The molecule has 0 unspecified atom stereocenters. The van der Waals surface area contributed by atoms with Crippen molar-refractivity contribution in [3.05, 3.63) is 34.7 Å². The molecule has 32 heavy (non-hydrogen) atoms. The van der Waals surface area contributed by atoms with E-state index < -0.39 is 11.6 Å². The second-order valence-electron chi connectivity index (χ2n) is 9.37. The standard InChI is InChI=1S/C23H29N5O4/c1-15-6-4-5-11-23(15)20(30)27(22(32)25-23)14-19(29)26-12-9-16(10-13-26)28-18-8-3-2-7-17(18)24-21(28)31/h2-3,7-8,15-16H,4-6,9-14H2,1H3,(H,24,31)(H,25,32)/t15-,23+/m1/s1. The average molecular weight is 440 g/mol. The van der Waals surface area contributed by atoms with Crippen LogP contribution in [0.3, 0.4) is 0 Å². The SMILES string of the molecule is C[C@@H]1CCCC[C@]12NC(=O)N(CC(=O)N1CCC(n3c(=O)[nH]c4ccccc43)CC1)C2=O. The molecule has 3 heterocycles. The highest BCUT2D eigenvalue weighted by atomic mass is 16.2. The molecule has 2 atom stereocenters. The van der Waals surface area contributed by atoms with Crippen LogP contribution >= 0.6 is 0 Å². The van der Waals surface area contributed by atoms with E-state index in [1.54, 1.807) is 9.47 Å². The number of amides is 4. The molecule has 5 rings (SSSR count). The number of imide groups is 1. The molecule has 1 aliphatic carbocycles. The lowest BCUT2D eigenvalue weighted by Crippen LogP contribution is -2.54. The fourth-order valence-corrected chi connectivity index (χ4v) is 5.68. The fourth-order valence-electron chi connectivity index (χ4n) is 5.68. The number of aromatic nitrogens is 2.